The van der Waals surface area contributed by atoms with Crippen molar-refractivity contribution in [2.45, 2.75) is 244 Å². The van der Waals surface area contributed by atoms with E-state index in [4.69, 9.17) is 0 Å². The second-order valence-electron chi connectivity index (χ2n) is 15.6. The summed E-state index contributed by atoms with van der Waals surface area (Å²) >= 11 is 0. The first-order chi connectivity index (χ1) is 26.1. The molecule has 0 aliphatic carbocycles. The summed E-state index contributed by atoms with van der Waals surface area (Å²) in [5.41, 5.74) is 0. The van der Waals surface area contributed by atoms with Crippen molar-refractivity contribution in [1.82, 2.24) is 5.32 Å². The van der Waals surface area contributed by atoms with Crippen molar-refractivity contribution in [2.75, 3.05) is 6.61 Å². The standard InChI is InChI=1S/C48H89NO4/c1-3-5-7-9-11-13-15-16-17-18-19-20-21-22-23-24-25-26-27-28-29-30-31-33-35-37-39-41-43-47(52)48(53)49-45(44-50)46(51)42-40-38-36-34-32-14-12-10-8-6-4-2/h8,10,22-23,32,34,40,42,45-47,50-52H,3-7,9,11-21,24-31,33,35-39,41,43-44H2,1-2H3,(H,49,53)/b10-8+,23-22-,34-32+,42-40+. The fraction of sp³-hybridized carbons (Fsp3) is 0.812. The second-order valence-corrected chi connectivity index (χ2v) is 15.6. The molecule has 0 aliphatic rings. The molecule has 1 amide bonds. The van der Waals surface area contributed by atoms with E-state index >= 15 is 0 Å². The number of aliphatic hydroxyl groups is 3. The Kier molecular flexibility index (Phi) is 41.7. The van der Waals surface area contributed by atoms with E-state index in [1.54, 1.807) is 6.08 Å². The Labute approximate surface area is 329 Å². The molecule has 5 heteroatoms. The molecule has 0 aromatic rings. The molecule has 0 fully saturated rings. The van der Waals surface area contributed by atoms with Crippen molar-refractivity contribution in [3.05, 3.63) is 48.6 Å². The van der Waals surface area contributed by atoms with E-state index in [-0.39, 0.29) is 6.61 Å². The lowest BCUT2D eigenvalue weighted by Crippen LogP contribution is -2.48. The van der Waals surface area contributed by atoms with Gasteiger partial charge in [-0.1, -0.05) is 210 Å². The lowest BCUT2D eigenvalue weighted by Gasteiger charge is -2.21. The van der Waals surface area contributed by atoms with Gasteiger partial charge < -0.3 is 20.6 Å². The molecule has 0 rings (SSSR count). The summed E-state index contributed by atoms with van der Waals surface area (Å²) in [5, 5.41) is 33.0. The third-order valence-electron chi connectivity index (χ3n) is 10.4. The Morgan fingerprint density at radius 3 is 1.23 bits per heavy atom. The van der Waals surface area contributed by atoms with E-state index in [2.05, 4.69) is 55.6 Å². The summed E-state index contributed by atoms with van der Waals surface area (Å²) in [4.78, 5) is 12.4. The van der Waals surface area contributed by atoms with E-state index < -0.39 is 24.2 Å². The van der Waals surface area contributed by atoms with Crippen molar-refractivity contribution in [3.8, 4) is 0 Å². The van der Waals surface area contributed by atoms with Gasteiger partial charge in [-0.05, 0) is 64.2 Å². The highest BCUT2D eigenvalue weighted by Gasteiger charge is 2.22. The van der Waals surface area contributed by atoms with Crippen LogP contribution >= 0.6 is 0 Å². The van der Waals surface area contributed by atoms with Crippen LogP contribution in [0.2, 0.25) is 0 Å². The Morgan fingerprint density at radius 1 is 0.453 bits per heavy atom. The predicted molar refractivity (Wildman–Crippen MR) is 231 cm³/mol. The summed E-state index contributed by atoms with van der Waals surface area (Å²) in [7, 11) is 0. The molecule has 53 heavy (non-hydrogen) atoms. The number of aliphatic hydroxyl groups excluding tert-OH is 3. The zero-order valence-corrected chi connectivity index (χ0v) is 35.1. The zero-order valence-electron chi connectivity index (χ0n) is 35.1. The average Bonchev–Trinajstić information content (AvgIpc) is 3.16. The van der Waals surface area contributed by atoms with Crippen LogP contribution in [0.3, 0.4) is 0 Å². The van der Waals surface area contributed by atoms with Crippen LogP contribution in [-0.4, -0.2) is 46.1 Å². The Balaban J connectivity index is 3.58. The number of hydrogen-bond acceptors (Lipinski definition) is 4. The second kappa shape index (κ2) is 43.0. The smallest absolute Gasteiger partial charge is 0.249 e. The molecule has 0 heterocycles. The lowest BCUT2D eigenvalue weighted by molar-refractivity contribution is -0.131. The lowest BCUT2D eigenvalue weighted by atomic mass is 10.0. The van der Waals surface area contributed by atoms with Gasteiger partial charge in [-0.3, -0.25) is 4.79 Å². The largest absolute Gasteiger partial charge is 0.394 e. The first kappa shape index (κ1) is 51.3. The third-order valence-corrected chi connectivity index (χ3v) is 10.4. The van der Waals surface area contributed by atoms with Crippen LogP contribution in [0.1, 0.15) is 226 Å². The van der Waals surface area contributed by atoms with Gasteiger partial charge in [0.15, 0.2) is 0 Å². The van der Waals surface area contributed by atoms with Crippen LogP contribution in [0.15, 0.2) is 48.6 Å². The van der Waals surface area contributed by atoms with Gasteiger partial charge in [0, 0.05) is 0 Å². The highest BCUT2D eigenvalue weighted by molar-refractivity contribution is 5.80. The minimum atomic E-state index is -1.11. The van der Waals surface area contributed by atoms with E-state index in [0.29, 0.717) is 6.42 Å². The van der Waals surface area contributed by atoms with Gasteiger partial charge in [0.25, 0.3) is 0 Å². The first-order valence-electron chi connectivity index (χ1n) is 23.0. The molecular formula is C48H89NO4. The summed E-state index contributed by atoms with van der Waals surface area (Å²) in [5.74, 6) is -0.520. The van der Waals surface area contributed by atoms with Crippen molar-refractivity contribution in [3.63, 3.8) is 0 Å². The van der Waals surface area contributed by atoms with Gasteiger partial charge in [-0.2, -0.15) is 0 Å². The van der Waals surface area contributed by atoms with Crippen molar-refractivity contribution in [1.29, 1.82) is 0 Å². The Bertz CT molecular complexity index is 866. The number of allylic oxidation sites excluding steroid dienone is 7. The number of rotatable bonds is 41. The van der Waals surface area contributed by atoms with Gasteiger partial charge in [0.05, 0.1) is 18.8 Å². The molecule has 3 atom stereocenters. The molecule has 0 aliphatic heterocycles. The maximum atomic E-state index is 12.4. The molecule has 0 spiro atoms. The monoisotopic (exact) mass is 744 g/mol. The maximum absolute atomic E-state index is 12.4. The molecule has 0 bridgehead atoms. The number of unbranched alkanes of at least 4 members (excludes halogenated alkanes) is 27. The van der Waals surface area contributed by atoms with E-state index in [9.17, 15) is 20.1 Å². The summed E-state index contributed by atoms with van der Waals surface area (Å²) in [6, 6.07) is -0.820. The van der Waals surface area contributed by atoms with Crippen LogP contribution in [0.4, 0.5) is 0 Å². The van der Waals surface area contributed by atoms with Gasteiger partial charge in [-0.25, -0.2) is 0 Å². The van der Waals surface area contributed by atoms with Crippen molar-refractivity contribution in [2.24, 2.45) is 0 Å². The Hall–Kier alpha value is -1.69. The fourth-order valence-corrected chi connectivity index (χ4v) is 6.75. The SMILES string of the molecule is CCC/C=C/CC/C=C/CC/C=C/C(O)C(CO)NC(=O)C(O)CCCCCCCCCCCCCC/C=C\CCCCCCCCCCCCCC. The van der Waals surface area contributed by atoms with Gasteiger partial charge >= 0.3 is 0 Å². The van der Waals surface area contributed by atoms with Crippen LogP contribution in [0, 0.1) is 0 Å². The molecule has 3 unspecified atom stereocenters. The summed E-state index contributed by atoms with van der Waals surface area (Å²) in [6.07, 6.45) is 56.0. The molecule has 0 aromatic carbocycles. The zero-order chi connectivity index (χ0) is 38.7. The third kappa shape index (κ3) is 38.4. The molecule has 0 saturated carbocycles. The van der Waals surface area contributed by atoms with Crippen LogP contribution in [-0.2, 0) is 4.79 Å². The van der Waals surface area contributed by atoms with Crippen molar-refractivity contribution >= 4 is 5.91 Å². The van der Waals surface area contributed by atoms with Gasteiger partial charge in [-0.15, -0.1) is 0 Å². The van der Waals surface area contributed by atoms with Crippen LogP contribution in [0.5, 0.6) is 0 Å². The quantitative estimate of drug-likeness (QED) is 0.0371. The normalized spacial score (nSPS) is 14.0. The highest BCUT2D eigenvalue weighted by atomic mass is 16.3. The summed E-state index contributed by atoms with van der Waals surface area (Å²) < 4.78 is 0. The summed E-state index contributed by atoms with van der Waals surface area (Å²) in [6.45, 7) is 4.09. The molecule has 5 nitrogen and oxygen atoms in total. The maximum Gasteiger partial charge on any atom is 0.249 e. The predicted octanol–water partition coefficient (Wildman–Crippen LogP) is 13.3. The van der Waals surface area contributed by atoms with Crippen LogP contribution < -0.4 is 5.32 Å². The molecule has 0 saturated heterocycles. The minimum Gasteiger partial charge on any atom is -0.394 e. The minimum absolute atomic E-state index is 0.382. The highest BCUT2D eigenvalue weighted by Crippen LogP contribution is 2.15. The Morgan fingerprint density at radius 2 is 0.811 bits per heavy atom. The molecular weight excluding hydrogens is 655 g/mol. The number of hydrogen-bond donors (Lipinski definition) is 4. The molecule has 0 aromatic heterocycles. The topological polar surface area (TPSA) is 89.8 Å². The number of carbonyl (C=O) groups excluding carboxylic acids is 1. The number of carbonyl (C=O) groups is 1. The number of nitrogens with one attached hydrogen (secondary N) is 1. The van der Waals surface area contributed by atoms with Crippen LogP contribution in [0.25, 0.3) is 0 Å². The van der Waals surface area contributed by atoms with Crippen molar-refractivity contribution < 1.29 is 20.1 Å². The van der Waals surface area contributed by atoms with E-state index in [0.717, 1.165) is 51.4 Å². The van der Waals surface area contributed by atoms with E-state index in [1.807, 2.05) is 6.08 Å². The van der Waals surface area contributed by atoms with E-state index in [1.165, 1.54) is 154 Å². The molecule has 310 valence electrons. The fourth-order valence-electron chi connectivity index (χ4n) is 6.75. The average molecular weight is 744 g/mol. The number of amides is 1. The molecule has 4 N–H and O–H groups in total. The van der Waals surface area contributed by atoms with Gasteiger partial charge in [0.1, 0.15) is 6.10 Å². The molecule has 0 radical (unpaired) electrons. The first-order valence-corrected chi connectivity index (χ1v) is 23.0. The van der Waals surface area contributed by atoms with Gasteiger partial charge in [0.2, 0.25) is 5.91 Å².